The van der Waals surface area contributed by atoms with Crippen molar-refractivity contribution < 1.29 is 0 Å². The molecule has 0 saturated heterocycles. The second-order valence-corrected chi connectivity index (χ2v) is 8.71. The molecule has 3 aromatic rings. The third-order valence-electron chi connectivity index (χ3n) is 5.42. The van der Waals surface area contributed by atoms with Crippen LogP contribution in [0.25, 0.3) is 0 Å². The summed E-state index contributed by atoms with van der Waals surface area (Å²) in [6, 6.07) is 16.8. The summed E-state index contributed by atoms with van der Waals surface area (Å²) in [6.45, 7) is 8.03. The lowest BCUT2D eigenvalue weighted by Crippen LogP contribution is -2.40. The first-order chi connectivity index (χ1) is 15.4. The average Bonchev–Trinajstić information content (AvgIpc) is 3.11. The first-order valence-corrected chi connectivity index (χ1v) is 11.2. The van der Waals surface area contributed by atoms with E-state index in [0.717, 1.165) is 35.5 Å². The molecule has 0 atom stereocenters. The molecule has 32 heavy (non-hydrogen) atoms. The van der Waals surface area contributed by atoms with Crippen LogP contribution in [0.2, 0.25) is 0 Å². The zero-order valence-electron chi connectivity index (χ0n) is 18.9. The second kappa shape index (κ2) is 9.44. The van der Waals surface area contributed by atoms with Crippen molar-refractivity contribution in [1.82, 2.24) is 15.3 Å². The summed E-state index contributed by atoms with van der Waals surface area (Å²) in [6.07, 6.45) is 1.79. The number of nitrogens with one attached hydrogen (secondary N) is 3. The SMILES string of the molecule is Cc1ccc(NC(=S)NC(=NC2Cc3ccccc3C2)Nc2nc(C)cc(C)n2)c(C)c1. The lowest BCUT2D eigenvalue weighted by Gasteiger charge is -2.17. The molecule has 6 nitrogen and oxygen atoms in total. The van der Waals surface area contributed by atoms with Gasteiger partial charge in [0, 0.05) is 17.1 Å². The van der Waals surface area contributed by atoms with E-state index in [1.165, 1.54) is 16.7 Å². The smallest absolute Gasteiger partial charge is 0.229 e. The van der Waals surface area contributed by atoms with Crippen molar-refractivity contribution in [2.45, 2.75) is 46.6 Å². The molecule has 0 amide bonds. The number of rotatable bonds is 3. The molecule has 0 fully saturated rings. The predicted octanol–water partition coefficient (Wildman–Crippen LogP) is 4.63. The highest BCUT2D eigenvalue weighted by molar-refractivity contribution is 7.80. The molecule has 4 rings (SSSR count). The van der Waals surface area contributed by atoms with E-state index in [0.29, 0.717) is 17.0 Å². The Morgan fingerprint density at radius 1 is 0.906 bits per heavy atom. The lowest BCUT2D eigenvalue weighted by molar-refractivity contribution is 0.720. The maximum absolute atomic E-state index is 5.60. The zero-order chi connectivity index (χ0) is 22.7. The molecule has 0 spiro atoms. The van der Waals surface area contributed by atoms with E-state index in [9.17, 15) is 0 Å². The van der Waals surface area contributed by atoms with Crippen molar-refractivity contribution in [3.8, 4) is 0 Å². The zero-order valence-corrected chi connectivity index (χ0v) is 19.7. The van der Waals surface area contributed by atoms with Crippen molar-refractivity contribution in [2.24, 2.45) is 4.99 Å². The first kappa shape index (κ1) is 21.9. The lowest BCUT2D eigenvalue weighted by atomic mass is 10.1. The van der Waals surface area contributed by atoms with Crippen LogP contribution < -0.4 is 16.0 Å². The fourth-order valence-electron chi connectivity index (χ4n) is 4.01. The Bertz CT molecular complexity index is 1140. The van der Waals surface area contributed by atoms with Crippen molar-refractivity contribution in [3.63, 3.8) is 0 Å². The van der Waals surface area contributed by atoms with Crippen molar-refractivity contribution in [2.75, 3.05) is 10.6 Å². The quantitative estimate of drug-likeness (QED) is 0.311. The van der Waals surface area contributed by atoms with Crippen LogP contribution in [0.4, 0.5) is 11.6 Å². The monoisotopic (exact) mass is 444 g/mol. The largest absolute Gasteiger partial charge is 0.332 e. The summed E-state index contributed by atoms with van der Waals surface area (Å²) in [4.78, 5) is 13.9. The minimum absolute atomic E-state index is 0.122. The highest BCUT2D eigenvalue weighted by atomic mass is 32.1. The topological polar surface area (TPSA) is 74.2 Å². The van der Waals surface area contributed by atoms with Crippen LogP contribution in [-0.4, -0.2) is 27.1 Å². The standard InChI is InChI=1S/C25H28N6S/c1-15-9-10-22(16(2)11-15)29-25(32)31-24(30-23-26-17(3)12-18(4)27-23)28-21-13-19-7-5-6-8-20(19)14-21/h5-12,21H,13-14H2,1-4H3,(H3,26,27,28,29,30,31,32). The number of aryl methyl sites for hydroxylation is 4. The molecule has 7 heteroatoms. The Hall–Kier alpha value is -3.32. The Morgan fingerprint density at radius 3 is 2.19 bits per heavy atom. The van der Waals surface area contributed by atoms with Gasteiger partial charge in [0.05, 0.1) is 6.04 Å². The molecular weight excluding hydrogens is 416 g/mol. The number of benzene rings is 2. The second-order valence-electron chi connectivity index (χ2n) is 8.31. The summed E-state index contributed by atoms with van der Waals surface area (Å²) in [5.74, 6) is 1.04. The fraction of sp³-hybridized carbons (Fsp3) is 0.280. The number of hydrogen-bond acceptors (Lipinski definition) is 4. The molecule has 3 N–H and O–H groups in total. The minimum Gasteiger partial charge on any atom is -0.332 e. The molecular formula is C25H28N6S. The van der Waals surface area contributed by atoms with E-state index in [2.05, 4.69) is 76.2 Å². The van der Waals surface area contributed by atoms with E-state index >= 15 is 0 Å². The summed E-state index contributed by atoms with van der Waals surface area (Å²) < 4.78 is 0. The number of aromatic nitrogens is 2. The number of aliphatic imine (C=N–C) groups is 1. The number of thiocarbonyl (C=S) groups is 1. The third-order valence-corrected chi connectivity index (χ3v) is 5.62. The van der Waals surface area contributed by atoms with Crippen molar-refractivity contribution in [3.05, 3.63) is 82.2 Å². The van der Waals surface area contributed by atoms with Gasteiger partial charge in [0.25, 0.3) is 0 Å². The first-order valence-electron chi connectivity index (χ1n) is 10.7. The van der Waals surface area contributed by atoms with Crippen LogP contribution in [0.5, 0.6) is 0 Å². The molecule has 1 aromatic heterocycles. The third kappa shape index (κ3) is 5.48. The fourth-order valence-corrected chi connectivity index (χ4v) is 4.21. The normalized spacial score (nSPS) is 13.6. The van der Waals surface area contributed by atoms with Crippen molar-refractivity contribution in [1.29, 1.82) is 0 Å². The van der Waals surface area contributed by atoms with E-state index in [1.807, 2.05) is 26.0 Å². The Balaban J connectivity index is 1.54. The van der Waals surface area contributed by atoms with Gasteiger partial charge in [-0.3, -0.25) is 5.32 Å². The average molecular weight is 445 g/mol. The van der Waals surface area contributed by atoms with Crippen LogP contribution in [0.1, 0.15) is 33.6 Å². The molecule has 0 bridgehead atoms. The van der Waals surface area contributed by atoms with Crippen LogP contribution in [0, 0.1) is 27.7 Å². The number of nitrogens with zero attached hydrogens (tertiary/aromatic N) is 3. The van der Waals surface area contributed by atoms with E-state index in [1.54, 1.807) is 0 Å². The maximum Gasteiger partial charge on any atom is 0.229 e. The molecule has 2 aromatic carbocycles. The van der Waals surface area contributed by atoms with Crippen LogP contribution in [0.15, 0.2) is 53.5 Å². The highest BCUT2D eigenvalue weighted by Crippen LogP contribution is 2.24. The van der Waals surface area contributed by atoms with Crippen LogP contribution >= 0.6 is 12.2 Å². The summed E-state index contributed by atoms with van der Waals surface area (Å²) in [5.41, 5.74) is 7.78. The van der Waals surface area contributed by atoms with Crippen molar-refractivity contribution >= 4 is 34.9 Å². The summed E-state index contributed by atoms with van der Waals surface area (Å²) in [5, 5.41) is 10.2. The maximum atomic E-state index is 5.60. The van der Waals surface area contributed by atoms with E-state index in [-0.39, 0.29) is 6.04 Å². The molecule has 1 aliphatic carbocycles. The van der Waals surface area contributed by atoms with Gasteiger partial charge in [-0.1, -0.05) is 42.0 Å². The number of hydrogen-bond donors (Lipinski definition) is 3. The van der Waals surface area contributed by atoms with Gasteiger partial charge in [0.15, 0.2) is 5.11 Å². The number of anilines is 2. The van der Waals surface area contributed by atoms with Gasteiger partial charge in [0.1, 0.15) is 0 Å². The molecule has 164 valence electrons. The molecule has 1 aliphatic rings. The van der Waals surface area contributed by atoms with E-state index in [4.69, 9.17) is 17.2 Å². The summed E-state index contributed by atoms with van der Waals surface area (Å²) in [7, 11) is 0. The van der Waals surface area contributed by atoms with Gasteiger partial charge < -0.3 is 10.6 Å². The van der Waals surface area contributed by atoms with E-state index < -0.39 is 0 Å². The number of guanidine groups is 1. The highest BCUT2D eigenvalue weighted by Gasteiger charge is 2.21. The van der Waals surface area contributed by atoms with Gasteiger partial charge in [-0.15, -0.1) is 0 Å². The molecule has 0 saturated carbocycles. The van der Waals surface area contributed by atoms with Gasteiger partial charge >= 0.3 is 0 Å². The van der Waals surface area contributed by atoms with Crippen LogP contribution in [0.3, 0.4) is 0 Å². The molecule has 0 aliphatic heterocycles. The Labute approximate surface area is 194 Å². The van der Waals surface area contributed by atoms with Gasteiger partial charge in [-0.25, -0.2) is 15.0 Å². The number of fused-ring (bicyclic) bond motifs is 1. The van der Waals surface area contributed by atoms with Gasteiger partial charge in [0.2, 0.25) is 11.9 Å². The predicted molar refractivity (Wildman–Crippen MR) is 135 cm³/mol. The van der Waals surface area contributed by atoms with Gasteiger partial charge in [-0.2, -0.15) is 0 Å². The van der Waals surface area contributed by atoms with Crippen LogP contribution in [-0.2, 0) is 12.8 Å². The Kier molecular flexibility index (Phi) is 6.46. The molecule has 0 unspecified atom stereocenters. The summed E-state index contributed by atoms with van der Waals surface area (Å²) >= 11 is 5.60. The Morgan fingerprint density at radius 2 is 1.56 bits per heavy atom. The van der Waals surface area contributed by atoms with Gasteiger partial charge in [-0.05, 0) is 81.6 Å². The molecule has 1 heterocycles. The molecule has 0 radical (unpaired) electrons. The minimum atomic E-state index is 0.122.